The molecule has 1 heterocycles. The maximum Gasteiger partial charge on any atom is 0.224 e. The van der Waals surface area contributed by atoms with E-state index in [1.54, 1.807) is 24.3 Å². The van der Waals surface area contributed by atoms with Crippen molar-refractivity contribution in [3.63, 3.8) is 0 Å². The number of benzene rings is 1. The van der Waals surface area contributed by atoms with Crippen molar-refractivity contribution < 1.29 is 8.68 Å². The van der Waals surface area contributed by atoms with Crippen molar-refractivity contribution in [3.05, 3.63) is 35.2 Å². The van der Waals surface area contributed by atoms with Gasteiger partial charge in [-0.3, -0.25) is 4.79 Å². The summed E-state index contributed by atoms with van der Waals surface area (Å²) < 4.78 is 13.8. The molecule has 3 heteroatoms. The average molecular weight is 181 g/mol. The van der Waals surface area contributed by atoms with Gasteiger partial charge in [0.05, 0.1) is 10.9 Å². The zero-order chi connectivity index (χ0) is 8.55. The second-order valence-electron chi connectivity index (χ2n) is 2.47. The molecular formula is C9H6FOS+. The summed E-state index contributed by atoms with van der Waals surface area (Å²) in [5, 5.41) is 2.11. The third kappa shape index (κ3) is 0.940. The minimum absolute atomic E-state index is 0.469. The SMILES string of the molecule is O=Cc1c[s+](F)c2ccccc12. The Balaban J connectivity index is 2.91. The Morgan fingerprint density at radius 3 is 2.83 bits per heavy atom. The molecule has 0 saturated carbocycles. The first-order valence-electron chi connectivity index (χ1n) is 3.48. The van der Waals surface area contributed by atoms with Crippen LogP contribution in [0.15, 0.2) is 29.6 Å². The Morgan fingerprint density at radius 1 is 1.33 bits per heavy atom. The van der Waals surface area contributed by atoms with Crippen LogP contribution >= 0.6 is 10.9 Å². The monoisotopic (exact) mass is 181 g/mol. The van der Waals surface area contributed by atoms with Crippen LogP contribution in [0, 0.1) is 0 Å². The first kappa shape index (κ1) is 7.43. The second kappa shape index (κ2) is 2.68. The van der Waals surface area contributed by atoms with Gasteiger partial charge in [0.1, 0.15) is 0 Å². The van der Waals surface area contributed by atoms with Crippen LogP contribution in [0.1, 0.15) is 10.4 Å². The number of thiophene rings is 1. The number of carbonyl (C=O) groups excluding carboxylic acids is 1. The fourth-order valence-corrected chi connectivity index (χ4v) is 2.34. The molecule has 12 heavy (non-hydrogen) atoms. The molecule has 0 spiro atoms. The molecule has 0 aliphatic carbocycles. The van der Waals surface area contributed by atoms with E-state index in [1.807, 2.05) is 0 Å². The Morgan fingerprint density at radius 2 is 2.08 bits per heavy atom. The van der Waals surface area contributed by atoms with Gasteiger partial charge in [-0.1, -0.05) is 12.1 Å². The number of aldehydes is 1. The van der Waals surface area contributed by atoms with Crippen LogP contribution < -0.4 is 0 Å². The number of hydrogen-bond donors (Lipinski definition) is 0. The van der Waals surface area contributed by atoms with Gasteiger partial charge in [-0.15, -0.1) is 0 Å². The van der Waals surface area contributed by atoms with Gasteiger partial charge in [-0.25, -0.2) is 0 Å². The summed E-state index contributed by atoms with van der Waals surface area (Å²) in [5.74, 6) is 0. The van der Waals surface area contributed by atoms with Crippen LogP contribution in [0.5, 0.6) is 0 Å². The molecule has 60 valence electrons. The fourth-order valence-electron chi connectivity index (χ4n) is 1.20. The maximum absolute atomic E-state index is 13.1. The first-order valence-corrected chi connectivity index (χ1v) is 4.67. The molecule has 2 aromatic rings. The van der Waals surface area contributed by atoms with E-state index in [4.69, 9.17) is 0 Å². The van der Waals surface area contributed by atoms with Gasteiger partial charge < -0.3 is 0 Å². The summed E-state index contributed by atoms with van der Waals surface area (Å²) in [4.78, 5) is 10.5. The highest BCUT2D eigenvalue weighted by molar-refractivity contribution is 7.31. The van der Waals surface area contributed by atoms with Gasteiger partial charge in [-0.2, -0.15) is 0 Å². The summed E-state index contributed by atoms with van der Waals surface area (Å²) in [6.07, 6.45) is 0.700. The minimum atomic E-state index is -1.37. The predicted molar refractivity (Wildman–Crippen MR) is 48.3 cm³/mol. The minimum Gasteiger partial charge on any atom is -0.298 e. The van der Waals surface area contributed by atoms with E-state index < -0.39 is 10.9 Å². The van der Waals surface area contributed by atoms with Crippen molar-refractivity contribution in [2.45, 2.75) is 0 Å². The molecule has 1 nitrogen and oxygen atoms in total. The lowest BCUT2D eigenvalue weighted by molar-refractivity contribution is 0.112. The molecule has 2 rings (SSSR count). The van der Waals surface area contributed by atoms with Crippen molar-refractivity contribution in [3.8, 4) is 0 Å². The van der Waals surface area contributed by atoms with E-state index >= 15 is 0 Å². The Labute approximate surface area is 71.7 Å². The number of fused-ring (bicyclic) bond motifs is 1. The zero-order valence-corrected chi connectivity index (χ0v) is 6.98. The third-order valence-corrected chi connectivity index (χ3v) is 3.00. The molecule has 1 unspecified atom stereocenters. The lowest BCUT2D eigenvalue weighted by atomic mass is 10.2. The summed E-state index contributed by atoms with van der Waals surface area (Å²) >= 11 is 0. The van der Waals surface area contributed by atoms with Crippen LogP contribution in [0.3, 0.4) is 0 Å². The molecule has 0 N–H and O–H groups in total. The Bertz CT molecular complexity index is 433. The van der Waals surface area contributed by atoms with E-state index in [9.17, 15) is 8.68 Å². The molecule has 0 saturated heterocycles. The number of halogens is 1. The highest BCUT2D eigenvalue weighted by Crippen LogP contribution is 2.34. The van der Waals surface area contributed by atoms with E-state index in [2.05, 4.69) is 0 Å². The van der Waals surface area contributed by atoms with Crippen molar-refractivity contribution in [2.75, 3.05) is 0 Å². The summed E-state index contributed by atoms with van der Waals surface area (Å²) in [6.45, 7) is 0. The average Bonchev–Trinajstić information content (AvgIpc) is 2.44. The summed E-state index contributed by atoms with van der Waals surface area (Å²) in [5.41, 5.74) is 0.469. The molecule has 0 bridgehead atoms. The van der Waals surface area contributed by atoms with Gasteiger partial charge >= 0.3 is 0 Å². The van der Waals surface area contributed by atoms with Crippen LogP contribution in [0.25, 0.3) is 10.1 Å². The summed E-state index contributed by atoms with van der Waals surface area (Å²) in [7, 11) is -1.37. The quantitative estimate of drug-likeness (QED) is 0.488. The van der Waals surface area contributed by atoms with Gasteiger partial charge in [-0.05, 0) is 6.07 Å². The summed E-state index contributed by atoms with van der Waals surface area (Å²) in [6, 6.07) is 7.06. The van der Waals surface area contributed by atoms with Gasteiger partial charge in [0.15, 0.2) is 11.7 Å². The largest absolute Gasteiger partial charge is 0.298 e. The lowest BCUT2D eigenvalue weighted by Gasteiger charge is -1.81. The molecule has 1 atom stereocenters. The Hall–Kier alpha value is -1.22. The van der Waals surface area contributed by atoms with Crippen molar-refractivity contribution in [1.82, 2.24) is 0 Å². The Kier molecular flexibility index (Phi) is 1.66. The normalized spacial score (nSPS) is 11.9. The topological polar surface area (TPSA) is 17.1 Å². The van der Waals surface area contributed by atoms with Crippen molar-refractivity contribution in [1.29, 1.82) is 0 Å². The van der Waals surface area contributed by atoms with Crippen LogP contribution in [-0.4, -0.2) is 6.29 Å². The first-order chi connectivity index (χ1) is 5.83. The third-order valence-electron chi connectivity index (χ3n) is 1.77. The number of rotatable bonds is 1. The van der Waals surface area contributed by atoms with E-state index in [0.717, 1.165) is 5.39 Å². The highest BCUT2D eigenvalue weighted by Gasteiger charge is 2.17. The van der Waals surface area contributed by atoms with Crippen molar-refractivity contribution in [2.24, 2.45) is 0 Å². The standard InChI is InChI=1S/C9H6FOS/c10-12-6-7(5-11)8-3-1-2-4-9(8)12/h1-6H/q+1. The molecule has 0 aliphatic heterocycles. The van der Waals surface area contributed by atoms with E-state index in [0.29, 0.717) is 16.5 Å². The van der Waals surface area contributed by atoms with Crippen LogP contribution in [0.4, 0.5) is 3.89 Å². The highest BCUT2D eigenvalue weighted by atomic mass is 32.2. The smallest absolute Gasteiger partial charge is 0.224 e. The number of carbonyl (C=O) groups is 1. The van der Waals surface area contributed by atoms with Gasteiger partial charge in [0.2, 0.25) is 15.6 Å². The predicted octanol–water partition coefficient (Wildman–Crippen LogP) is 3.13. The number of hydrogen-bond acceptors (Lipinski definition) is 1. The fraction of sp³-hybridized carbons (Fsp3) is 0. The molecule has 1 aromatic carbocycles. The van der Waals surface area contributed by atoms with E-state index in [-0.39, 0.29) is 0 Å². The molecule has 0 aliphatic rings. The van der Waals surface area contributed by atoms with E-state index in [1.165, 1.54) is 5.38 Å². The molecule has 0 radical (unpaired) electrons. The molecule has 0 fully saturated rings. The lowest BCUT2D eigenvalue weighted by Crippen LogP contribution is -1.72. The maximum atomic E-state index is 13.1. The van der Waals surface area contributed by atoms with Crippen LogP contribution in [0.2, 0.25) is 0 Å². The molecular weight excluding hydrogens is 175 g/mol. The van der Waals surface area contributed by atoms with Gasteiger partial charge in [0.25, 0.3) is 0 Å². The van der Waals surface area contributed by atoms with Crippen LogP contribution in [-0.2, 0) is 0 Å². The van der Waals surface area contributed by atoms with Crippen molar-refractivity contribution >= 4 is 27.2 Å². The molecule has 1 aromatic heterocycles. The molecule has 0 amide bonds. The van der Waals surface area contributed by atoms with Gasteiger partial charge in [0, 0.05) is 9.95 Å². The zero-order valence-electron chi connectivity index (χ0n) is 6.16. The second-order valence-corrected chi connectivity index (χ2v) is 3.72.